The molecule has 1 saturated heterocycles. The second-order valence-corrected chi connectivity index (χ2v) is 8.14. The number of aromatic nitrogens is 1. The molecule has 0 bridgehead atoms. The zero-order valence-electron chi connectivity index (χ0n) is 18.1. The fourth-order valence-corrected chi connectivity index (χ4v) is 3.92. The van der Waals surface area contributed by atoms with Crippen molar-refractivity contribution in [3.63, 3.8) is 0 Å². The molecule has 0 radical (unpaired) electrons. The Balaban J connectivity index is 1.33. The third kappa shape index (κ3) is 6.15. The lowest BCUT2D eigenvalue weighted by molar-refractivity contribution is 0.0797. The lowest BCUT2D eigenvalue weighted by Crippen LogP contribution is -2.48. The van der Waals surface area contributed by atoms with Crippen LogP contribution in [0.4, 0.5) is 0 Å². The van der Waals surface area contributed by atoms with Gasteiger partial charge in [0.2, 0.25) is 0 Å². The van der Waals surface area contributed by atoms with E-state index >= 15 is 0 Å². The molecule has 166 valence electrons. The maximum atomic E-state index is 12.8. The Labute approximate surface area is 188 Å². The molecule has 1 amide bonds. The van der Waals surface area contributed by atoms with Crippen LogP contribution >= 0.6 is 0 Å². The lowest BCUT2D eigenvalue weighted by atomic mass is 10.1. The number of hydrogen-bond donors (Lipinski definition) is 2. The smallest absolute Gasteiger partial charge is 0.251 e. The number of nitrogens with one attached hydrogen (secondary N) is 1. The highest BCUT2D eigenvalue weighted by atomic mass is 16.5. The third-order valence-corrected chi connectivity index (χ3v) is 5.69. The van der Waals surface area contributed by atoms with Crippen molar-refractivity contribution in [3.8, 4) is 5.75 Å². The average molecular weight is 432 g/mol. The number of likely N-dealkylation sites (tertiary alicyclic amines) is 1. The first kappa shape index (κ1) is 22.0. The number of hydrogen-bond acceptors (Lipinski definition) is 5. The van der Waals surface area contributed by atoms with E-state index in [1.54, 1.807) is 30.5 Å². The second kappa shape index (κ2) is 10.9. The van der Waals surface area contributed by atoms with Crippen molar-refractivity contribution < 1.29 is 14.6 Å². The maximum absolute atomic E-state index is 12.8. The molecule has 2 aromatic carbocycles. The Morgan fingerprint density at radius 2 is 1.84 bits per heavy atom. The van der Waals surface area contributed by atoms with Gasteiger partial charge >= 0.3 is 0 Å². The summed E-state index contributed by atoms with van der Waals surface area (Å²) >= 11 is 0. The molecule has 0 aliphatic carbocycles. The van der Waals surface area contributed by atoms with E-state index in [1.807, 2.05) is 48.5 Å². The van der Waals surface area contributed by atoms with Gasteiger partial charge in [-0.25, -0.2) is 0 Å². The van der Waals surface area contributed by atoms with Crippen molar-refractivity contribution in [1.29, 1.82) is 0 Å². The molecule has 4 rings (SSSR count). The van der Waals surface area contributed by atoms with Crippen molar-refractivity contribution >= 4 is 5.91 Å². The topological polar surface area (TPSA) is 74.7 Å². The predicted octanol–water partition coefficient (Wildman–Crippen LogP) is 3.42. The molecule has 2 atom stereocenters. The molecule has 0 unspecified atom stereocenters. The van der Waals surface area contributed by atoms with Crippen LogP contribution in [0.5, 0.6) is 5.75 Å². The number of carbonyl (C=O) groups is 1. The van der Waals surface area contributed by atoms with Gasteiger partial charge in [0, 0.05) is 24.8 Å². The third-order valence-electron chi connectivity index (χ3n) is 5.69. The van der Waals surface area contributed by atoms with Crippen molar-refractivity contribution in [2.75, 3.05) is 13.1 Å². The van der Waals surface area contributed by atoms with Crippen molar-refractivity contribution in [3.05, 3.63) is 95.8 Å². The molecule has 1 aromatic heterocycles. The molecular formula is C26H29N3O3. The molecule has 0 saturated carbocycles. The number of ether oxygens (including phenoxy) is 1. The van der Waals surface area contributed by atoms with Crippen LogP contribution in [0.3, 0.4) is 0 Å². The summed E-state index contributed by atoms with van der Waals surface area (Å²) < 4.78 is 5.80. The molecule has 1 aliphatic heterocycles. The first-order chi connectivity index (χ1) is 15.7. The number of amides is 1. The van der Waals surface area contributed by atoms with Crippen LogP contribution in [0.15, 0.2) is 79.0 Å². The Morgan fingerprint density at radius 3 is 2.59 bits per heavy atom. The predicted molar refractivity (Wildman–Crippen MR) is 123 cm³/mol. The fourth-order valence-electron chi connectivity index (χ4n) is 3.92. The van der Waals surface area contributed by atoms with Gasteiger partial charge in [-0.15, -0.1) is 0 Å². The first-order valence-corrected chi connectivity index (χ1v) is 11.1. The van der Waals surface area contributed by atoms with Crippen LogP contribution in [0.2, 0.25) is 0 Å². The number of aliphatic hydroxyl groups is 1. The summed E-state index contributed by atoms with van der Waals surface area (Å²) in [6.07, 6.45) is 2.76. The Kier molecular flexibility index (Phi) is 7.48. The van der Waals surface area contributed by atoms with E-state index in [4.69, 9.17) is 4.74 Å². The van der Waals surface area contributed by atoms with E-state index in [-0.39, 0.29) is 11.9 Å². The molecule has 32 heavy (non-hydrogen) atoms. The number of benzene rings is 2. The van der Waals surface area contributed by atoms with Crippen molar-refractivity contribution in [2.24, 2.45) is 0 Å². The monoisotopic (exact) mass is 431 g/mol. The lowest BCUT2D eigenvalue weighted by Gasteiger charge is -2.27. The summed E-state index contributed by atoms with van der Waals surface area (Å²) in [6.45, 7) is 2.63. The number of pyridine rings is 1. The van der Waals surface area contributed by atoms with Gasteiger partial charge in [0.1, 0.15) is 12.4 Å². The van der Waals surface area contributed by atoms with E-state index in [0.29, 0.717) is 37.4 Å². The van der Waals surface area contributed by atoms with E-state index in [2.05, 4.69) is 15.2 Å². The molecule has 2 N–H and O–H groups in total. The summed E-state index contributed by atoms with van der Waals surface area (Å²) in [7, 11) is 0. The highest BCUT2D eigenvalue weighted by Crippen LogP contribution is 2.17. The van der Waals surface area contributed by atoms with Gasteiger partial charge in [-0.05, 0) is 61.3 Å². The minimum absolute atomic E-state index is 0.191. The highest BCUT2D eigenvalue weighted by molar-refractivity contribution is 5.94. The Morgan fingerprint density at radius 1 is 1.06 bits per heavy atom. The van der Waals surface area contributed by atoms with Crippen LogP contribution < -0.4 is 10.1 Å². The Bertz CT molecular complexity index is 980. The van der Waals surface area contributed by atoms with E-state index < -0.39 is 6.10 Å². The van der Waals surface area contributed by atoms with E-state index in [9.17, 15) is 9.90 Å². The standard InChI is InChI=1S/C26H29N3O3/c30-25-10-6-16-29(17-22-9-4-5-15-27-22)18-24(25)28-26(31)21-11-13-23(14-12-21)32-19-20-7-2-1-3-8-20/h1-5,7-9,11-15,24-25,30H,6,10,16-19H2,(H,28,31)/t24-,25+/m0/s1. The number of rotatable bonds is 7. The minimum Gasteiger partial charge on any atom is -0.489 e. The van der Waals surface area contributed by atoms with Crippen LogP contribution in [0, 0.1) is 0 Å². The summed E-state index contributed by atoms with van der Waals surface area (Å²) in [6, 6.07) is 22.6. The van der Waals surface area contributed by atoms with Gasteiger partial charge in [0.25, 0.3) is 5.91 Å². The molecule has 6 nitrogen and oxygen atoms in total. The van der Waals surface area contributed by atoms with Crippen molar-refractivity contribution in [1.82, 2.24) is 15.2 Å². The number of carbonyl (C=O) groups excluding carboxylic acids is 1. The van der Waals surface area contributed by atoms with E-state index in [1.165, 1.54) is 0 Å². The van der Waals surface area contributed by atoms with E-state index in [0.717, 1.165) is 24.2 Å². The molecule has 1 aliphatic rings. The van der Waals surface area contributed by atoms with Gasteiger partial charge in [-0.3, -0.25) is 14.7 Å². The summed E-state index contributed by atoms with van der Waals surface area (Å²) in [5, 5.41) is 13.6. The molecule has 0 spiro atoms. The average Bonchev–Trinajstić information content (AvgIpc) is 3.00. The van der Waals surface area contributed by atoms with Crippen LogP contribution in [0.1, 0.15) is 34.5 Å². The number of aliphatic hydroxyl groups excluding tert-OH is 1. The molecule has 3 aromatic rings. The largest absolute Gasteiger partial charge is 0.489 e. The quantitative estimate of drug-likeness (QED) is 0.600. The summed E-state index contributed by atoms with van der Waals surface area (Å²) in [4.78, 5) is 19.5. The SMILES string of the molecule is O=C(N[C@H]1CN(Cc2ccccn2)CCC[C@H]1O)c1ccc(OCc2ccccc2)cc1. The number of nitrogens with zero attached hydrogens (tertiary/aromatic N) is 2. The zero-order valence-corrected chi connectivity index (χ0v) is 18.1. The molecule has 1 fully saturated rings. The minimum atomic E-state index is -0.568. The van der Waals surface area contributed by atoms with Gasteiger partial charge in [-0.1, -0.05) is 36.4 Å². The highest BCUT2D eigenvalue weighted by Gasteiger charge is 2.27. The molecule has 2 heterocycles. The zero-order chi connectivity index (χ0) is 22.2. The normalized spacial score (nSPS) is 19.2. The van der Waals surface area contributed by atoms with Crippen molar-refractivity contribution in [2.45, 2.75) is 38.1 Å². The molecule has 6 heteroatoms. The van der Waals surface area contributed by atoms with Crippen LogP contribution in [0.25, 0.3) is 0 Å². The first-order valence-electron chi connectivity index (χ1n) is 11.1. The Hall–Kier alpha value is -3.22. The van der Waals surface area contributed by atoms with Gasteiger partial charge in [-0.2, -0.15) is 0 Å². The molecular weight excluding hydrogens is 402 g/mol. The summed E-state index contributed by atoms with van der Waals surface area (Å²) in [5.74, 6) is 0.518. The van der Waals surface area contributed by atoms with Gasteiger partial charge in [0.05, 0.1) is 17.8 Å². The van der Waals surface area contributed by atoms with Crippen LogP contribution in [-0.2, 0) is 13.2 Å². The van der Waals surface area contributed by atoms with Crippen LogP contribution in [-0.4, -0.2) is 46.1 Å². The fraction of sp³-hybridized carbons (Fsp3) is 0.308. The van der Waals surface area contributed by atoms with Gasteiger partial charge in [0.15, 0.2) is 0 Å². The summed E-state index contributed by atoms with van der Waals surface area (Å²) in [5.41, 5.74) is 2.62. The van der Waals surface area contributed by atoms with Gasteiger partial charge < -0.3 is 15.2 Å². The second-order valence-electron chi connectivity index (χ2n) is 8.14. The maximum Gasteiger partial charge on any atom is 0.251 e.